The number of nitrogens with zero attached hydrogens (tertiary/aromatic N) is 1. The molecule has 0 saturated carbocycles. The first-order valence-electron chi connectivity index (χ1n) is 5.61. The minimum absolute atomic E-state index is 0.363. The van der Waals surface area contributed by atoms with Crippen LogP contribution in [0.25, 0.3) is 0 Å². The van der Waals surface area contributed by atoms with E-state index in [4.69, 9.17) is 5.73 Å². The lowest BCUT2D eigenvalue weighted by Crippen LogP contribution is -2.43. The van der Waals surface area contributed by atoms with Crippen molar-refractivity contribution in [1.29, 1.82) is 0 Å². The van der Waals surface area contributed by atoms with E-state index in [0.717, 1.165) is 6.42 Å². The third-order valence-electron chi connectivity index (χ3n) is 2.64. The topological polar surface area (TPSA) is 29.3 Å². The smallest absolute Gasteiger partial charge is 0.0231 e. The first-order valence-corrected chi connectivity index (χ1v) is 6.60. The van der Waals surface area contributed by atoms with E-state index < -0.39 is 0 Å². The molecule has 0 radical (unpaired) electrons. The predicted octanol–water partition coefficient (Wildman–Crippen LogP) is 1.94. The minimum Gasteiger partial charge on any atom is -0.328 e. The Morgan fingerprint density at radius 1 is 1.50 bits per heavy atom. The molecule has 1 unspecified atom stereocenters. The Kier molecular flexibility index (Phi) is 4.74. The zero-order valence-corrected chi connectivity index (χ0v) is 10.6. The summed E-state index contributed by atoms with van der Waals surface area (Å²) in [6.07, 6.45) is 2.41. The molecule has 0 aromatic rings. The van der Waals surface area contributed by atoms with Gasteiger partial charge in [-0.3, -0.25) is 0 Å². The summed E-state index contributed by atoms with van der Waals surface area (Å²) in [5, 5.41) is 0. The molecule has 1 rings (SSSR count). The van der Waals surface area contributed by atoms with E-state index in [1.807, 2.05) is 0 Å². The average Bonchev–Trinajstić information content (AvgIpc) is 2.01. The van der Waals surface area contributed by atoms with Crippen LogP contribution in [0.2, 0.25) is 0 Å². The molecular weight excluding hydrogens is 192 g/mol. The minimum atomic E-state index is 0.363. The van der Waals surface area contributed by atoms with Crippen molar-refractivity contribution < 1.29 is 0 Å². The molecule has 14 heavy (non-hydrogen) atoms. The number of hydrogen-bond donors (Lipinski definition) is 1. The summed E-state index contributed by atoms with van der Waals surface area (Å²) in [5.74, 6) is 1.28. The normalized spacial score (nSPS) is 24.9. The van der Waals surface area contributed by atoms with Gasteiger partial charge in [-0.2, -0.15) is 11.8 Å². The highest BCUT2D eigenvalue weighted by molar-refractivity contribution is 8.00. The second kappa shape index (κ2) is 5.38. The number of thioether (sulfide) groups is 1. The van der Waals surface area contributed by atoms with E-state index in [2.05, 4.69) is 37.4 Å². The van der Waals surface area contributed by atoms with Gasteiger partial charge in [0.2, 0.25) is 0 Å². The third kappa shape index (κ3) is 4.67. The second-order valence-corrected chi connectivity index (χ2v) is 6.81. The number of hydrogen-bond acceptors (Lipinski definition) is 3. The Morgan fingerprint density at radius 2 is 2.21 bits per heavy atom. The maximum atomic E-state index is 5.74. The Balaban J connectivity index is 2.18. The van der Waals surface area contributed by atoms with Gasteiger partial charge < -0.3 is 10.6 Å². The third-order valence-corrected chi connectivity index (χ3v) is 3.94. The predicted molar refractivity (Wildman–Crippen MR) is 65.9 cm³/mol. The summed E-state index contributed by atoms with van der Waals surface area (Å²) >= 11 is 2.10. The average molecular weight is 216 g/mol. The van der Waals surface area contributed by atoms with Gasteiger partial charge in [-0.25, -0.2) is 0 Å². The van der Waals surface area contributed by atoms with Gasteiger partial charge in [0.1, 0.15) is 0 Å². The van der Waals surface area contributed by atoms with Crippen molar-refractivity contribution in [1.82, 2.24) is 4.90 Å². The first-order chi connectivity index (χ1) is 6.49. The van der Waals surface area contributed by atoms with Gasteiger partial charge in [0.25, 0.3) is 0 Å². The zero-order chi connectivity index (χ0) is 10.6. The molecule has 1 saturated heterocycles. The summed E-state index contributed by atoms with van der Waals surface area (Å²) in [5.41, 5.74) is 5.74. The summed E-state index contributed by atoms with van der Waals surface area (Å²) in [4.78, 5) is 2.58. The van der Waals surface area contributed by atoms with Crippen LogP contribution in [-0.2, 0) is 0 Å². The van der Waals surface area contributed by atoms with Crippen LogP contribution in [-0.4, -0.2) is 41.1 Å². The molecule has 1 aliphatic heterocycles. The highest BCUT2D eigenvalue weighted by Gasteiger charge is 2.26. The van der Waals surface area contributed by atoms with Crippen molar-refractivity contribution in [2.24, 2.45) is 5.73 Å². The van der Waals surface area contributed by atoms with Crippen LogP contribution in [0.3, 0.4) is 0 Å². The summed E-state index contributed by atoms with van der Waals surface area (Å²) in [7, 11) is 0. The van der Waals surface area contributed by atoms with E-state index in [1.165, 1.54) is 31.8 Å². The maximum absolute atomic E-state index is 5.74. The Hall–Kier alpha value is 0.270. The van der Waals surface area contributed by atoms with Crippen molar-refractivity contribution >= 4 is 11.8 Å². The Labute approximate surface area is 92.6 Å². The first kappa shape index (κ1) is 12.3. The molecule has 0 bridgehead atoms. The molecule has 1 heterocycles. The van der Waals surface area contributed by atoms with Gasteiger partial charge in [0, 0.05) is 29.6 Å². The lowest BCUT2D eigenvalue weighted by Gasteiger charge is -2.37. The van der Waals surface area contributed by atoms with E-state index in [-0.39, 0.29) is 0 Å². The SMILES string of the molecule is CC(N)CCCN1CCSC(C)(C)C1. The summed E-state index contributed by atoms with van der Waals surface area (Å²) in [6.45, 7) is 10.5. The molecule has 0 aromatic carbocycles. The van der Waals surface area contributed by atoms with Crippen LogP contribution in [0.5, 0.6) is 0 Å². The van der Waals surface area contributed by atoms with Crippen LogP contribution < -0.4 is 5.73 Å². The van der Waals surface area contributed by atoms with Gasteiger partial charge in [-0.05, 0) is 40.2 Å². The van der Waals surface area contributed by atoms with Gasteiger partial charge >= 0.3 is 0 Å². The molecule has 2 nitrogen and oxygen atoms in total. The molecule has 2 N–H and O–H groups in total. The van der Waals surface area contributed by atoms with Crippen LogP contribution in [0.1, 0.15) is 33.6 Å². The molecule has 0 amide bonds. The van der Waals surface area contributed by atoms with E-state index >= 15 is 0 Å². The molecule has 1 atom stereocenters. The quantitative estimate of drug-likeness (QED) is 0.779. The van der Waals surface area contributed by atoms with Crippen LogP contribution in [0.4, 0.5) is 0 Å². The fourth-order valence-electron chi connectivity index (χ4n) is 1.94. The number of rotatable bonds is 4. The Morgan fingerprint density at radius 3 is 2.79 bits per heavy atom. The fourth-order valence-corrected chi connectivity index (χ4v) is 3.12. The second-order valence-electron chi connectivity index (χ2n) is 5.00. The van der Waals surface area contributed by atoms with Crippen molar-refractivity contribution in [3.63, 3.8) is 0 Å². The highest BCUT2D eigenvalue weighted by atomic mass is 32.2. The molecule has 1 aliphatic rings. The maximum Gasteiger partial charge on any atom is 0.0231 e. The number of nitrogens with two attached hydrogens (primary N) is 1. The molecule has 3 heteroatoms. The zero-order valence-electron chi connectivity index (χ0n) is 9.75. The van der Waals surface area contributed by atoms with E-state index in [9.17, 15) is 0 Å². The molecule has 1 fully saturated rings. The van der Waals surface area contributed by atoms with Gasteiger partial charge in [-0.1, -0.05) is 0 Å². The van der Waals surface area contributed by atoms with Gasteiger partial charge in [0.15, 0.2) is 0 Å². The lowest BCUT2D eigenvalue weighted by molar-refractivity contribution is 0.253. The lowest BCUT2D eigenvalue weighted by atomic mass is 10.1. The molecule has 0 spiro atoms. The van der Waals surface area contributed by atoms with Crippen LogP contribution in [0.15, 0.2) is 0 Å². The summed E-state index contributed by atoms with van der Waals surface area (Å²) < 4.78 is 0.451. The van der Waals surface area contributed by atoms with Crippen molar-refractivity contribution in [2.45, 2.75) is 44.4 Å². The van der Waals surface area contributed by atoms with E-state index in [0.29, 0.717) is 10.8 Å². The Bertz CT molecular complexity index is 169. The summed E-state index contributed by atoms with van der Waals surface area (Å²) in [6, 6.07) is 0.363. The van der Waals surface area contributed by atoms with Crippen molar-refractivity contribution in [3.8, 4) is 0 Å². The van der Waals surface area contributed by atoms with Crippen molar-refractivity contribution in [2.75, 3.05) is 25.4 Å². The van der Waals surface area contributed by atoms with Gasteiger partial charge in [0.05, 0.1) is 0 Å². The van der Waals surface area contributed by atoms with Crippen LogP contribution >= 0.6 is 11.8 Å². The monoisotopic (exact) mass is 216 g/mol. The molecule has 0 aliphatic carbocycles. The van der Waals surface area contributed by atoms with Gasteiger partial charge in [-0.15, -0.1) is 0 Å². The van der Waals surface area contributed by atoms with Crippen molar-refractivity contribution in [3.05, 3.63) is 0 Å². The fraction of sp³-hybridized carbons (Fsp3) is 1.00. The molecule has 0 aromatic heterocycles. The van der Waals surface area contributed by atoms with Crippen LogP contribution in [0, 0.1) is 0 Å². The highest BCUT2D eigenvalue weighted by Crippen LogP contribution is 2.29. The molecular formula is C11H24N2S. The largest absolute Gasteiger partial charge is 0.328 e. The molecule has 84 valence electrons. The van der Waals surface area contributed by atoms with E-state index in [1.54, 1.807) is 0 Å². The standard InChI is InChI=1S/C11H24N2S/c1-10(12)5-4-6-13-7-8-14-11(2,3)9-13/h10H,4-9,12H2,1-3H3.